The molecule has 0 spiro atoms. The molecule has 0 amide bonds. The number of fused-ring (bicyclic) bond motifs is 1. The lowest BCUT2D eigenvalue weighted by Crippen LogP contribution is -2.11. The standard InChI is InChI=1S/C28H23F2NO4S/c1-33-27-15-23-25(16-28(27)34-2)31-9-8-26(23)35-21-7-6-18(24(30)14-21)12-22(36)13-20(32)11-17-4-3-5-19(29)10-17/h3-10,14-16H,11-13H2,1-2H3. The van der Waals surface area contributed by atoms with Gasteiger partial charge < -0.3 is 14.2 Å². The number of ketones is 1. The highest BCUT2D eigenvalue weighted by Gasteiger charge is 2.14. The molecule has 0 atom stereocenters. The first-order chi connectivity index (χ1) is 17.4. The van der Waals surface area contributed by atoms with E-state index >= 15 is 0 Å². The fourth-order valence-corrected chi connectivity index (χ4v) is 4.15. The minimum atomic E-state index is -0.495. The predicted molar refractivity (Wildman–Crippen MR) is 137 cm³/mol. The average Bonchev–Trinajstić information content (AvgIpc) is 2.85. The number of nitrogens with zero attached hydrogens (tertiary/aromatic N) is 1. The van der Waals surface area contributed by atoms with Crippen LogP contribution in [0, 0.1) is 11.6 Å². The Morgan fingerprint density at radius 3 is 2.42 bits per heavy atom. The summed E-state index contributed by atoms with van der Waals surface area (Å²) in [6.45, 7) is 0. The summed E-state index contributed by atoms with van der Waals surface area (Å²) in [5.41, 5.74) is 1.57. The lowest BCUT2D eigenvalue weighted by atomic mass is 10.0. The van der Waals surface area contributed by atoms with E-state index in [-0.39, 0.29) is 25.0 Å². The van der Waals surface area contributed by atoms with Gasteiger partial charge in [0, 0.05) is 47.8 Å². The number of benzene rings is 3. The van der Waals surface area contributed by atoms with Gasteiger partial charge in [-0.15, -0.1) is 0 Å². The molecule has 4 aromatic rings. The Morgan fingerprint density at radius 1 is 0.917 bits per heavy atom. The van der Waals surface area contributed by atoms with Crippen molar-refractivity contribution in [3.8, 4) is 23.0 Å². The van der Waals surface area contributed by atoms with Gasteiger partial charge in [-0.3, -0.25) is 9.78 Å². The summed E-state index contributed by atoms with van der Waals surface area (Å²) >= 11 is 5.33. The SMILES string of the molecule is COc1cc2nccc(Oc3ccc(CC(=S)CC(=O)Cc4cccc(F)c4)c(F)c3)c2cc1OC. The zero-order valence-electron chi connectivity index (χ0n) is 19.7. The van der Waals surface area contributed by atoms with Crippen LogP contribution in [0.15, 0.2) is 66.9 Å². The van der Waals surface area contributed by atoms with E-state index in [9.17, 15) is 13.6 Å². The molecule has 0 saturated heterocycles. The molecule has 1 aromatic heterocycles. The fraction of sp³-hybridized carbons (Fsp3) is 0.179. The highest BCUT2D eigenvalue weighted by molar-refractivity contribution is 7.80. The number of methoxy groups -OCH3 is 2. The molecular formula is C28H23F2NO4S. The number of halogens is 2. The summed E-state index contributed by atoms with van der Waals surface area (Å²) in [6.07, 6.45) is 1.81. The summed E-state index contributed by atoms with van der Waals surface area (Å²) < 4.78 is 44.8. The Kier molecular flexibility index (Phi) is 7.85. The molecule has 0 saturated carbocycles. The van der Waals surface area contributed by atoms with Crippen LogP contribution in [0.25, 0.3) is 10.9 Å². The maximum Gasteiger partial charge on any atom is 0.162 e. The molecule has 184 valence electrons. The molecule has 0 aliphatic carbocycles. The number of rotatable bonds is 10. The first kappa shape index (κ1) is 25.2. The van der Waals surface area contributed by atoms with Gasteiger partial charge in [-0.2, -0.15) is 0 Å². The molecule has 0 bridgehead atoms. The molecular weight excluding hydrogens is 484 g/mol. The lowest BCUT2D eigenvalue weighted by molar-refractivity contribution is -0.117. The number of carbonyl (C=O) groups is 1. The van der Waals surface area contributed by atoms with Crippen molar-refractivity contribution in [3.05, 3.63) is 89.6 Å². The van der Waals surface area contributed by atoms with Crippen molar-refractivity contribution in [2.24, 2.45) is 0 Å². The van der Waals surface area contributed by atoms with Gasteiger partial charge in [0.15, 0.2) is 11.5 Å². The normalized spacial score (nSPS) is 10.8. The fourth-order valence-electron chi connectivity index (χ4n) is 3.83. The van der Waals surface area contributed by atoms with Crippen LogP contribution in [0.1, 0.15) is 17.5 Å². The van der Waals surface area contributed by atoms with Crippen molar-refractivity contribution in [3.63, 3.8) is 0 Å². The van der Waals surface area contributed by atoms with Gasteiger partial charge in [0.2, 0.25) is 0 Å². The quantitative estimate of drug-likeness (QED) is 0.230. The van der Waals surface area contributed by atoms with Gasteiger partial charge in [-0.25, -0.2) is 8.78 Å². The van der Waals surface area contributed by atoms with Gasteiger partial charge in [0.25, 0.3) is 0 Å². The Morgan fingerprint density at radius 2 is 1.69 bits per heavy atom. The maximum atomic E-state index is 14.9. The van der Waals surface area contributed by atoms with Crippen molar-refractivity contribution >= 4 is 33.8 Å². The van der Waals surface area contributed by atoms with Crippen molar-refractivity contribution in [1.29, 1.82) is 0 Å². The molecule has 8 heteroatoms. The smallest absolute Gasteiger partial charge is 0.162 e. The van der Waals surface area contributed by atoms with E-state index in [1.54, 1.807) is 55.8 Å². The lowest BCUT2D eigenvalue weighted by Gasteiger charge is -2.13. The van der Waals surface area contributed by atoms with E-state index in [1.807, 2.05) is 0 Å². The van der Waals surface area contributed by atoms with Crippen molar-refractivity contribution < 1.29 is 27.8 Å². The molecule has 0 radical (unpaired) electrons. The van der Waals surface area contributed by atoms with Crippen LogP contribution in [-0.2, 0) is 17.6 Å². The molecule has 4 rings (SSSR count). The highest BCUT2D eigenvalue weighted by atomic mass is 32.1. The highest BCUT2D eigenvalue weighted by Crippen LogP contribution is 2.37. The maximum absolute atomic E-state index is 14.9. The minimum absolute atomic E-state index is 0.0117. The third-order valence-electron chi connectivity index (χ3n) is 5.53. The molecule has 5 nitrogen and oxygen atoms in total. The molecule has 0 aliphatic heterocycles. The van der Waals surface area contributed by atoms with Crippen LogP contribution >= 0.6 is 12.2 Å². The van der Waals surface area contributed by atoms with E-state index in [4.69, 9.17) is 26.4 Å². The van der Waals surface area contributed by atoms with E-state index in [1.165, 1.54) is 25.3 Å². The van der Waals surface area contributed by atoms with Crippen LogP contribution < -0.4 is 14.2 Å². The Balaban J connectivity index is 1.44. The molecule has 0 unspecified atom stereocenters. The second-order valence-electron chi connectivity index (χ2n) is 8.13. The molecule has 0 N–H and O–H groups in total. The van der Waals surface area contributed by atoms with Crippen LogP contribution in [0.4, 0.5) is 8.78 Å². The number of ether oxygens (including phenoxy) is 3. The molecule has 36 heavy (non-hydrogen) atoms. The molecule has 3 aromatic carbocycles. The van der Waals surface area contributed by atoms with Gasteiger partial charge in [0.05, 0.1) is 19.7 Å². The number of thiocarbonyl (C=S) groups is 1. The molecule has 1 heterocycles. The number of hydrogen-bond donors (Lipinski definition) is 0. The van der Waals surface area contributed by atoms with Gasteiger partial charge in [0.1, 0.15) is 28.9 Å². The number of Topliss-reactive ketones (excluding diaryl/α,β-unsaturated/α-hetero) is 1. The first-order valence-electron chi connectivity index (χ1n) is 11.1. The van der Waals surface area contributed by atoms with E-state index in [2.05, 4.69) is 4.98 Å². The topological polar surface area (TPSA) is 57.7 Å². The minimum Gasteiger partial charge on any atom is -0.493 e. The first-order valence-corrected chi connectivity index (χ1v) is 11.5. The predicted octanol–water partition coefficient (Wildman–Crippen LogP) is 6.44. The van der Waals surface area contributed by atoms with Crippen molar-refractivity contribution in [1.82, 2.24) is 4.98 Å². The van der Waals surface area contributed by atoms with Crippen molar-refractivity contribution in [2.45, 2.75) is 19.3 Å². The molecule has 0 aliphatic rings. The number of aromatic nitrogens is 1. The molecule has 0 fully saturated rings. The summed E-state index contributed by atoms with van der Waals surface area (Å²) in [5, 5.41) is 0.678. The zero-order valence-corrected chi connectivity index (χ0v) is 20.5. The van der Waals surface area contributed by atoms with Crippen LogP contribution in [0.2, 0.25) is 0 Å². The Hall–Kier alpha value is -3.91. The largest absolute Gasteiger partial charge is 0.493 e. The van der Waals surface area contributed by atoms with Gasteiger partial charge in [-0.05, 0) is 41.5 Å². The van der Waals surface area contributed by atoms with Gasteiger partial charge >= 0.3 is 0 Å². The Labute approximate surface area is 212 Å². The third-order valence-corrected chi connectivity index (χ3v) is 5.82. The van der Waals surface area contributed by atoms with E-state index in [0.717, 1.165) is 0 Å². The van der Waals surface area contributed by atoms with Crippen LogP contribution in [0.3, 0.4) is 0 Å². The van der Waals surface area contributed by atoms with Crippen LogP contribution in [-0.4, -0.2) is 29.9 Å². The van der Waals surface area contributed by atoms with E-state index in [0.29, 0.717) is 49.9 Å². The average molecular weight is 508 g/mol. The van der Waals surface area contributed by atoms with E-state index < -0.39 is 11.6 Å². The third kappa shape index (κ3) is 6.01. The van der Waals surface area contributed by atoms with Crippen LogP contribution in [0.5, 0.6) is 23.0 Å². The van der Waals surface area contributed by atoms with Crippen molar-refractivity contribution in [2.75, 3.05) is 14.2 Å². The zero-order chi connectivity index (χ0) is 25.7. The Bertz CT molecular complexity index is 1440. The number of hydrogen-bond acceptors (Lipinski definition) is 6. The second-order valence-corrected chi connectivity index (χ2v) is 8.70. The number of carbonyl (C=O) groups excluding carboxylic acids is 1. The summed E-state index contributed by atoms with van der Waals surface area (Å²) in [5.74, 6) is 0.789. The summed E-state index contributed by atoms with van der Waals surface area (Å²) in [6, 6.07) is 15.5. The summed E-state index contributed by atoms with van der Waals surface area (Å²) in [7, 11) is 3.08. The monoisotopic (exact) mass is 507 g/mol. The second kappa shape index (κ2) is 11.2. The summed E-state index contributed by atoms with van der Waals surface area (Å²) in [4.78, 5) is 17.1. The van der Waals surface area contributed by atoms with Gasteiger partial charge in [-0.1, -0.05) is 30.4 Å². The number of pyridine rings is 1.